The number of amides is 1. The van der Waals surface area contributed by atoms with Crippen molar-refractivity contribution in [3.63, 3.8) is 0 Å². The van der Waals surface area contributed by atoms with Gasteiger partial charge in [-0.25, -0.2) is 14.8 Å². The normalized spacial score (nSPS) is 13.2. The average molecular weight is 278 g/mol. The Morgan fingerprint density at radius 2 is 2.05 bits per heavy atom. The molecular formula is C14H22N4O2. The molecule has 0 aliphatic rings. The average Bonchev–Trinajstić information content (AvgIpc) is 2.29. The lowest BCUT2D eigenvalue weighted by Crippen LogP contribution is -2.37. The van der Waals surface area contributed by atoms with Gasteiger partial charge in [0.1, 0.15) is 5.60 Å². The van der Waals surface area contributed by atoms with Crippen molar-refractivity contribution in [2.24, 2.45) is 0 Å². The van der Waals surface area contributed by atoms with E-state index in [-0.39, 0.29) is 12.0 Å². The number of carbonyl (C=O) groups is 1. The van der Waals surface area contributed by atoms with Gasteiger partial charge in [-0.15, -0.1) is 0 Å². The minimum Gasteiger partial charge on any atom is -0.444 e. The fraction of sp³-hybridized carbons (Fsp3) is 0.500. The summed E-state index contributed by atoms with van der Waals surface area (Å²) in [4.78, 5) is 19.3. The van der Waals surface area contributed by atoms with Crippen LogP contribution in [0.5, 0.6) is 0 Å². The molecule has 0 saturated carbocycles. The number of carbonyl (C=O) groups excluding carboxylic acids is 1. The summed E-state index contributed by atoms with van der Waals surface area (Å²) in [5, 5.41) is 2.77. The summed E-state index contributed by atoms with van der Waals surface area (Å²) >= 11 is 0. The van der Waals surface area contributed by atoms with Crippen LogP contribution in [0, 0.1) is 0 Å². The third-order valence-corrected chi connectivity index (χ3v) is 2.25. The van der Waals surface area contributed by atoms with Crippen LogP contribution in [0.15, 0.2) is 18.5 Å². The molecule has 0 fully saturated rings. The molecule has 0 spiro atoms. The van der Waals surface area contributed by atoms with E-state index in [1.807, 2.05) is 39.8 Å². The van der Waals surface area contributed by atoms with Crippen LogP contribution in [-0.4, -0.2) is 27.7 Å². The Kier molecular flexibility index (Phi) is 5.49. The van der Waals surface area contributed by atoms with Crippen molar-refractivity contribution in [2.45, 2.75) is 45.8 Å². The van der Waals surface area contributed by atoms with Crippen LogP contribution >= 0.6 is 0 Å². The summed E-state index contributed by atoms with van der Waals surface area (Å²) in [5.74, 6) is 0.252. The van der Waals surface area contributed by atoms with Gasteiger partial charge in [0.15, 0.2) is 0 Å². The van der Waals surface area contributed by atoms with Gasteiger partial charge in [-0.05, 0) is 34.1 Å². The summed E-state index contributed by atoms with van der Waals surface area (Å²) in [7, 11) is 0. The number of rotatable bonds is 4. The first-order valence-corrected chi connectivity index (χ1v) is 6.50. The van der Waals surface area contributed by atoms with Gasteiger partial charge in [0.25, 0.3) is 0 Å². The molecule has 0 unspecified atom stereocenters. The van der Waals surface area contributed by atoms with E-state index < -0.39 is 11.7 Å². The molecule has 1 aromatic rings. The number of nitrogens with one attached hydrogen (secondary N) is 1. The molecule has 3 N–H and O–H groups in total. The third kappa shape index (κ3) is 6.72. The molecule has 1 heterocycles. The van der Waals surface area contributed by atoms with Crippen molar-refractivity contribution in [3.8, 4) is 0 Å². The van der Waals surface area contributed by atoms with Crippen LogP contribution in [0.1, 0.15) is 39.7 Å². The number of ether oxygens (including phenoxy) is 1. The highest BCUT2D eigenvalue weighted by atomic mass is 16.6. The number of nitrogens with zero attached hydrogens (tertiary/aromatic N) is 2. The van der Waals surface area contributed by atoms with Crippen molar-refractivity contribution in [2.75, 3.05) is 5.73 Å². The Labute approximate surface area is 119 Å². The number of aromatic nitrogens is 2. The van der Waals surface area contributed by atoms with Gasteiger partial charge in [0.2, 0.25) is 5.95 Å². The summed E-state index contributed by atoms with van der Waals surface area (Å²) in [6.07, 6.45) is 7.39. The van der Waals surface area contributed by atoms with Gasteiger partial charge >= 0.3 is 6.09 Å². The largest absolute Gasteiger partial charge is 0.444 e. The minimum absolute atomic E-state index is 0.0178. The molecule has 1 rings (SSSR count). The van der Waals surface area contributed by atoms with Crippen molar-refractivity contribution in [3.05, 3.63) is 24.0 Å². The molecule has 0 saturated heterocycles. The van der Waals surface area contributed by atoms with Crippen LogP contribution in [0.2, 0.25) is 0 Å². The van der Waals surface area contributed by atoms with Gasteiger partial charge < -0.3 is 15.8 Å². The Hall–Kier alpha value is -2.11. The van der Waals surface area contributed by atoms with Crippen molar-refractivity contribution < 1.29 is 9.53 Å². The topological polar surface area (TPSA) is 90.1 Å². The number of nitrogen functional groups attached to an aromatic ring is 1. The Bertz CT molecular complexity index is 463. The van der Waals surface area contributed by atoms with Crippen LogP contribution in [0.3, 0.4) is 0 Å². The summed E-state index contributed by atoms with van der Waals surface area (Å²) in [6, 6.07) is -0.0178. The highest BCUT2D eigenvalue weighted by Gasteiger charge is 2.16. The molecule has 0 aliphatic carbocycles. The van der Waals surface area contributed by atoms with Gasteiger partial charge in [0.05, 0.1) is 0 Å². The first kappa shape index (κ1) is 15.9. The lowest BCUT2D eigenvalue weighted by atomic mass is 10.2. The van der Waals surface area contributed by atoms with Gasteiger partial charge in [0, 0.05) is 24.0 Å². The van der Waals surface area contributed by atoms with Crippen LogP contribution < -0.4 is 11.1 Å². The molecule has 1 aromatic heterocycles. The maximum atomic E-state index is 11.5. The van der Waals surface area contributed by atoms with E-state index in [0.717, 1.165) is 5.56 Å². The quantitative estimate of drug-likeness (QED) is 0.882. The number of nitrogens with two attached hydrogens (primary N) is 1. The van der Waals surface area contributed by atoms with E-state index in [9.17, 15) is 4.79 Å². The Morgan fingerprint density at radius 3 is 2.60 bits per heavy atom. The predicted octanol–water partition coefficient (Wildman–Crippen LogP) is 2.38. The Morgan fingerprint density at radius 1 is 1.45 bits per heavy atom. The zero-order chi connectivity index (χ0) is 15.2. The smallest absolute Gasteiger partial charge is 0.407 e. The van der Waals surface area contributed by atoms with Crippen LogP contribution in [-0.2, 0) is 4.74 Å². The monoisotopic (exact) mass is 278 g/mol. The first-order chi connectivity index (χ1) is 9.26. The second-order valence-corrected chi connectivity index (χ2v) is 5.56. The molecule has 1 amide bonds. The molecule has 0 aromatic carbocycles. The second kappa shape index (κ2) is 6.88. The lowest BCUT2D eigenvalue weighted by molar-refractivity contribution is 0.0509. The van der Waals surface area contributed by atoms with E-state index in [0.29, 0.717) is 6.42 Å². The highest BCUT2D eigenvalue weighted by Crippen LogP contribution is 2.07. The molecule has 20 heavy (non-hydrogen) atoms. The number of anilines is 1. The molecule has 0 radical (unpaired) electrons. The van der Waals surface area contributed by atoms with E-state index in [1.165, 1.54) is 0 Å². The van der Waals surface area contributed by atoms with Crippen molar-refractivity contribution >= 4 is 18.1 Å². The van der Waals surface area contributed by atoms with Crippen molar-refractivity contribution in [1.82, 2.24) is 15.3 Å². The fourth-order valence-corrected chi connectivity index (χ4v) is 1.41. The maximum Gasteiger partial charge on any atom is 0.407 e. The number of alkyl carbamates (subject to hydrolysis) is 1. The van der Waals surface area contributed by atoms with E-state index >= 15 is 0 Å². The van der Waals surface area contributed by atoms with E-state index in [1.54, 1.807) is 12.4 Å². The standard InChI is InChI=1S/C14H22N4O2/c1-10(18-13(19)20-14(2,3)4)6-5-7-11-8-16-12(15)17-9-11/h5,7-10H,6H2,1-4H3,(H,18,19)(H2,15,16,17)/b7-5+/t10-/m0/s1. The number of hydrogen-bond acceptors (Lipinski definition) is 5. The van der Waals surface area contributed by atoms with Gasteiger partial charge in [-0.1, -0.05) is 12.2 Å². The van der Waals surface area contributed by atoms with Gasteiger partial charge in [-0.3, -0.25) is 0 Å². The maximum absolute atomic E-state index is 11.5. The molecule has 6 nitrogen and oxygen atoms in total. The zero-order valence-corrected chi connectivity index (χ0v) is 12.4. The molecule has 1 atom stereocenters. The molecule has 0 bridgehead atoms. The molecular weight excluding hydrogens is 256 g/mol. The summed E-state index contributed by atoms with van der Waals surface area (Å²) in [6.45, 7) is 7.41. The predicted molar refractivity (Wildman–Crippen MR) is 78.9 cm³/mol. The molecule has 0 aliphatic heterocycles. The summed E-state index contributed by atoms with van der Waals surface area (Å²) in [5.41, 5.74) is 5.78. The minimum atomic E-state index is -0.485. The molecule has 6 heteroatoms. The lowest BCUT2D eigenvalue weighted by Gasteiger charge is -2.21. The fourth-order valence-electron chi connectivity index (χ4n) is 1.41. The summed E-state index contributed by atoms with van der Waals surface area (Å²) < 4.78 is 5.18. The Balaban J connectivity index is 2.37. The van der Waals surface area contributed by atoms with Crippen molar-refractivity contribution in [1.29, 1.82) is 0 Å². The number of hydrogen-bond donors (Lipinski definition) is 2. The third-order valence-electron chi connectivity index (χ3n) is 2.25. The molecule has 110 valence electrons. The first-order valence-electron chi connectivity index (χ1n) is 6.50. The van der Waals surface area contributed by atoms with E-state index in [2.05, 4.69) is 15.3 Å². The van der Waals surface area contributed by atoms with Crippen LogP contribution in [0.25, 0.3) is 6.08 Å². The van der Waals surface area contributed by atoms with Crippen LogP contribution in [0.4, 0.5) is 10.7 Å². The highest BCUT2D eigenvalue weighted by molar-refractivity contribution is 5.68. The zero-order valence-electron chi connectivity index (χ0n) is 12.4. The van der Waals surface area contributed by atoms with Gasteiger partial charge in [-0.2, -0.15) is 0 Å². The SMILES string of the molecule is C[C@@H](C/C=C/c1cnc(N)nc1)NC(=O)OC(C)(C)C. The second-order valence-electron chi connectivity index (χ2n) is 5.56. The van der Waals surface area contributed by atoms with E-state index in [4.69, 9.17) is 10.5 Å².